The minimum absolute atomic E-state index is 0.150. The molecule has 2 rings (SSSR count). The average molecular weight is 220 g/mol. The first-order chi connectivity index (χ1) is 7.63. The van der Waals surface area contributed by atoms with Crippen LogP contribution in [0.2, 0.25) is 0 Å². The second-order valence-electron chi connectivity index (χ2n) is 4.60. The summed E-state index contributed by atoms with van der Waals surface area (Å²) in [5.41, 5.74) is 8.80. The molecule has 0 amide bonds. The maximum atomic E-state index is 6.07. The molecule has 2 N–H and O–H groups in total. The highest BCUT2D eigenvalue weighted by Crippen LogP contribution is 2.32. The normalized spacial score (nSPS) is 22.6. The Morgan fingerprint density at radius 3 is 2.88 bits per heavy atom. The number of rotatable bonds is 2. The van der Waals surface area contributed by atoms with Gasteiger partial charge in [0.1, 0.15) is 5.75 Å². The van der Waals surface area contributed by atoms with Gasteiger partial charge in [0, 0.05) is 18.6 Å². The quantitative estimate of drug-likeness (QED) is 0.822. The van der Waals surface area contributed by atoms with E-state index in [0.29, 0.717) is 6.04 Å². The van der Waals surface area contributed by atoms with E-state index in [2.05, 4.69) is 31.0 Å². The lowest BCUT2D eigenvalue weighted by Crippen LogP contribution is -2.41. The van der Waals surface area contributed by atoms with E-state index in [4.69, 9.17) is 10.5 Å². The third kappa shape index (κ3) is 1.93. The molecule has 0 fully saturated rings. The van der Waals surface area contributed by atoms with E-state index in [1.54, 1.807) is 7.11 Å². The number of nitrogens with two attached hydrogens (primary N) is 1. The van der Waals surface area contributed by atoms with Gasteiger partial charge in [0.05, 0.1) is 7.11 Å². The van der Waals surface area contributed by atoms with Crippen molar-refractivity contribution >= 4 is 0 Å². The third-order valence-corrected chi connectivity index (χ3v) is 3.38. The smallest absolute Gasteiger partial charge is 0.119 e. The summed E-state index contributed by atoms with van der Waals surface area (Å²) in [6.07, 6.45) is 1.08. The molecule has 3 nitrogen and oxygen atoms in total. The van der Waals surface area contributed by atoms with E-state index in [0.717, 1.165) is 18.7 Å². The summed E-state index contributed by atoms with van der Waals surface area (Å²) in [7, 11) is 3.85. The zero-order valence-corrected chi connectivity index (χ0v) is 10.2. The molecule has 2 atom stereocenters. The largest absolute Gasteiger partial charge is 0.497 e. The Hall–Kier alpha value is -1.06. The summed E-state index contributed by atoms with van der Waals surface area (Å²) in [6, 6.07) is 6.79. The van der Waals surface area contributed by atoms with Gasteiger partial charge in [-0.2, -0.15) is 0 Å². The predicted octanol–water partition coefficient (Wildman–Crippen LogP) is 1.57. The van der Waals surface area contributed by atoms with E-state index < -0.39 is 0 Å². The molecule has 2 unspecified atom stereocenters. The number of ether oxygens (including phenoxy) is 1. The fraction of sp³-hybridized carbons (Fsp3) is 0.538. The number of likely N-dealkylation sites (N-methyl/N-ethyl adjacent to an activating group) is 1. The van der Waals surface area contributed by atoms with Crippen LogP contribution in [0.5, 0.6) is 5.75 Å². The molecule has 0 saturated carbocycles. The van der Waals surface area contributed by atoms with Crippen LogP contribution in [0.1, 0.15) is 24.1 Å². The maximum Gasteiger partial charge on any atom is 0.119 e. The molecule has 0 aliphatic carbocycles. The molecular formula is C13H20N2O. The minimum Gasteiger partial charge on any atom is -0.497 e. The number of benzene rings is 1. The lowest BCUT2D eigenvalue weighted by atomic mass is 9.89. The molecule has 1 aromatic carbocycles. The lowest BCUT2D eigenvalue weighted by Gasteiger charge is -2.37. The van der Waals surface area contributed by atoms with Gasteiger partial charge in [0.25, 0.3) is 0 Å². The van der Waals surface area contributed by atoms with Crippen LogP contribution in [0, 0.1) is 0 Å². The van der Waals surface area contributed by atoms with Crippen LogP contribution in [0.15, 0.2) is 18.2 Å². The predicted molar refractivity (Wildman–Crippen MR) is 65.7 cm³/mol. The van der Waals surface area contributed by atoms with E-state index in [-0.39, 0.29) is 6.04 Å². The van der Waals surface area contributed by atoms with Gasteiger partial charge in [-0.15, -0.1) is 0 Å². The molecule has 0 radical (unpaired) electrons. The molecule has 1 heterocycles. The molecule has 1 aromatic rings. The summed E-state index contributed by atoms with van der Waals surface area (Å²) in [5.74, 6) is 0.937. The summed E-state index contributed by atoms with van der Waals surface area (Å²) in [6.45, 7) is 3.13. The summed E-state index contributed by atoms with van der Waals surface area (Å²) in [4.78, 5) is 2.33. The highest BCUT2D eigenvalue weighted by molar-refractivity contribution is 5.39. The summed E-state index contributed by atoms with van der Waals surface area (Å²) in [5, 5.41) is 0. The molecule has 88 valence electrons. The lowest BCUT2D eigenvalue weighted by molar-refractivity contribution is 0.206. The molecule has 0 saturated heterocycles. The van der Waals surface area contributed by atoms with Gasteiger partial charge >= 0.3 is 0 Å². The molecule has 0 spiro atoms. The van der Waals surface area contributed by atoms with Crippen LogP contribution in [0.4, 0.5) is 0 Å². The molecule has 1 aliphatic rings. The first-order valence-electron chi connectivity index (χ1n) is 5.76. The Labute approximate surface area is 97.2 Å². The summed E-state index contributed by atoms with van der Waals surface area (Å²) >= 11 is 0. The second kappa shape index (κ2) is 4.44. The van der Waals surface area contributed by atoms with Gasteiger partial charge in [-0.05, 0) is 43.7 Å². The van der Waals surface area contributed by atoms with Crippen molar-refractivity contribution < 1.29 is 4.74 Å². The number of hydrogen-bond donors (Lipinski definition) is 1. The Balaban J connectivity index is 2.40. The topological polar surface area (TPSA) is 38.5 Å². The zero-order chi connectivity index (χ0) is 11.7. The molecular weight excluding hydrogens is 200 g/mol. The highest BCUT2D eigenvalue weighted by Gasteiger charge is 2.27. The number of fused-ring (bicyclic) bond motifs is 1. The van der Waals surface area contributed by atoms with Gasteiger partial charge in [-0.25, -0.2) is 0 Å². The minimum atomic E-state index is 0.150. The highest BCUT2D eigenvalue weighted by atomic mass is 16.5. The Bertz CT molecular complexity index is 376. The number of hydrogen-bond acceptors (Lipinski definition) is 3. The Morgan fingerprint density at radius 2 is 2.25 bits per heavy atom. The van der Waals surface area contributed by atoms with E-state index in [1.165, 1.54) is 11.1 Å². The number of methoxy groups -OCH3 is 1. The van der Waals surface area contributed by atoms with Crippen LogP contribution in [0.3, 0.4) is 0 Å². The van der Waals surface area contributed by atoms with Gasteiger partial charge in [-0.3, -0.25) is 4.90 Å². The van der Waals surface area contributed by atoms with Gasteiger partial charge in [0.15, 0.2) is 0 Å². The number of nitrogens with zero attached hydrogens (tertiary/aromatic N) is 1. The van der Waals surface area contributed by atoms with Crippen LogP contribution < -0.4 is 10.5 Å². The van der Waals surface area contributed by atoms with Crippen LogP contribution >= 0.6 is 0 Å². The van der Waals surface area contributed by atoms with Crippen LogP contribution in [-0.2, 0) is 6.42 Å². The van der Waals surface area contributed by atoms with Crippen molar-refractivity contribution in [2.75, 3.05) is 20.7 Å². The molecule has 16 heavy (non-hydrogen) atoms. The van der Waals surface area contributed by atoms with Crippen molar-refractivity contribution in [3.63, 3.8) is 0 Å². The van der Waals surface area contributed by atoms with E-state index in [1.807, 2.05) is 6.07 Å². The first kappa shape index (κ1) is 11.4. The standard InChI is InChI=1S/C13H20N2O/c1-9(14)13-12-5-4-11(16-3)8-10(12)6-7-15(13)2/h4-5,8-9,13H,6-7,14H2,1-3H3. The first-order valence-corrected chi connectivity index (χ1v) is 5.76. The Kier molecular flexibility index (Phi) is 3.17. The van der Waals surface area contributed by atoms with Crippen molar-refractivity contribution in [2.45, 2.75) is 25.4 Å². The van der Waals surface area contributed by atoms with Crippen molar-refractivity contribution in [3.05, 3.63) is 29.3 Å². The monoisotopic (exact) mass is 220 g/mol. The fourth-order valence-corrected chi connectivity index (χ4v) is 2.57. The molecule has 0 aromatic heterocycles. The van der Waals surface area contributed by atoms with Gasteiger partial charge in [-0.1, -0.05) is 6.07 Å². The zero-order valence-electron chi connectivity index (χ0n) is 10.2. The fourth-order valence-electron chi connectivity index (χ4n) is 2.57. The molecule has 0 bridgehead atoms. The van der Waals surface area contributed by atoms with Gasteiger partial charge < -0.3 is 10.5 Å². The SMILES string of the molecule is COc1ccc2c(c1)CCN(C)C2C(C)N. The van der Waals surface area contributed by atoms with Crippen molar-refractivity contribution in [2.24, 2.45) is 5.73 Å². The van der Waals surface area contributed by atoms with Crippen molar-refractivity contribution in [1.82, 2.24) is 4.90 Å². The van der Waals surface area contributed by atoms with Gasteiger partial charge in [0.2, 0.25) is 0 Å². The maximum absolute atomic E-state index is 6.07. The summed E-state index contributed by atoms with van der Waals surface area (Å²) < 4.78 is 5.26. The average Bonchev–Trinajstić information content (AvgIpc) is 2.27. The Morgan fingerprint density at radius 1 is 1.50 bits per heavy atom. The molecule has 3 heteroatoms. The van der Waals surface area contributed by atoms with E-state index >= 15 is 0 Å². The van der Waals surface area contributed by atoms with Crippen LogP contribution in [0.25, 0.3) is 0 Å². The molecule has 1 aliphatic heterocycles. The van der Waals surface area contributed by atoms with Crippen molar-refractivity contribution in [3.8, 4) is 5.75 Å². The van der Waals surface area contributed by atoms with E-state index in [9.17, 15) is 0 Å². The van der Waals surface area contributed by atoms with Crippen LogP contribution in [-0.4, -0.2) is 31.6 Å². The second-order valence-corrected chi connectivity index (χ2v) is 4.60. The third-order valence-electron chi connectivity index (χ3n) is 3.38. The van der Waals surface area contributed by atoms with Crippen molar-refractivity contribution in [1.29, 1.82) is 0 Å².